The van der Waals surface area contributed by atoms with Gasteiger partial charge in [0.1, 0.15) is 19.0 Å². The van der Waals surface area contributed by atoms with Crippen molar-refractivity contribution >= 4 is 29.1 Å². The van der Waals surface area contributed by atoms with E-state index in [4.69, 9.17) is 21.1 Å². The van der Waals surface area contributed by atoms with Crippen molar-refractivity contribution in [3.8, 4) is 11.5 Å². The molecule has 0 bridgehead atoms. The number of ether oxygens (including phenoxy) is 2. The smallest absolute Gasteiger partial charge is 0.295 e. The molecule has 0 radical (unpaired) electrons. The maximum Gasteiger partial charge on any atom is 0.295 e. The van der Waals surface area contributed by atoms with Crippen molar-refractivity contribution in [2.75, 3.05) is 19.8 Å². The zero-order chi connectivity index (χ0) is 21.3. The predicted octanol–water partition coefficient (Wildman–Crippen LogP) is 4.33. The summed E-state index contributed by atoms with van der Waals surface area (Å²) < 4.78 is 11.3. The number of aliphatic hydroxyl groups excluding tert-OH is 1. The molecule has 2 aromatic rings. The standard InChI is InChI=1S/C23H22ClNO5/c1-2-3-10-25-20(15-6-9-17-18(13-15)30-12-11-29-17)19(22(27)23(25)28)21(26)14-4-7-16(24)8-5-14/h4-9,13,20,26H,2-3,10-12H2,1H3/b21-19-. The predicted molar refractivity (Wildman–Crippen MR) is 113 cm³/mol. The Labute approximate surface area is 179 Å². The van der Waals surface area contributed by atoms with Crippen molar-refractivity contribution in [1.29, 1.82) is 0 Å². The van der Waals surface area contributed by atoms with Crippen LogP contribution in [0.5, 0.6) is 11.5 Å². The summed E-state index contributed by atoms with van der Waals surface area (Å²) in [6.07, 6.45) is 1.61. The third-order valence-corrected chi connectivity index (χ3v) is 5.54. The van der Waals surface area contributed by atoms with E-state index in [2.05, 4.69) is 0 Å². The number of fused-ring (bicyclic) bond motifs is 1. The molecule has 6 nitrogen and oxygen atoms in total. The third kappa shape index (κ3) is 3.63. The minimum absolute atomic E-state index is 0.0649. The summed E-state index contributed by atoms with van der Waals surface area (Å²) in [6.45, 7) is 3.33. The highest BCUT2D eigenvalue weighted by Gasteiger charge is 2.46. The lowest BCUT2D eigenvalue weighted by atomic mass is 9.95. The summed E-state index contributed by atoms with van der Waals surface area (Å²) in [6, 6.07) is 11.1. The van der Waals surface area contributed by atoms with Gasteiger partial charge in [-0.15, -0.1) is 0 Å². The molecule has 4 rings (SSSR count). The van der Waals surface area contributed by atoms with E-state index in [0.29, 0.717) is 47.4 Å². The molecular formula is C23H22ClNO5. The fraction of sp³-hybridized carbons (Fsp3) is 0.304. The maximum absolute atomic E-state index is 12.9. The maximum atomic E-state index is 12.9. The lowest BCUT2D eigenvalue weighted by Gasteiger charge is -2.27. The Morgan fingerprint density at radius 2 is 1.80 bits per heavy atom. The van der Waals surface area contributed by atoms with E-state index in [1.54, 1.807) is 42.5 Å². The molecule has 2 heterocycles. The second kappa shape index (κ2) is 8.40. The first-order valence-electron chi connectivity index (χ1n) is 9.95. The number of halogens is 1. The second-order valence-electron chi connectivity index (χ2n) is 7.26. The van der Waals surface area contributed by atoms with E-state index in [9.17, 15) is 14.7 Å². The van der Waals surface area contributed by atoms with Crippen LogP contribution in [0, 0.1) is 0 Å². The van der Waals surface area contributed by atoms with Crippen LogP contribution in [0.25, 0.3) is 5.76 Å². The quantitative estimate of drug-likeness (QED) is 0.436. The van der Waals surface area contributed by atoms with Crippen LogP contribution in [0.3, 0.4) is 0 Å². The highest BCUT2D eigenvalue weighted by molar-refractivity contribution is 6.46. The topological polar surface area (TPSA) is 76.1 Å². The lowest BCUT2D eigenvalue weighted by Crippen LogP contribution is -2.30. The molecule has 156 valence electrons. The number of ketones is 1. The lowest BCUT2D eigenvalue weighted by molar-refractivity contribution is -0.139. The summed E-state index contributed by atoms with van der Waals surface area (Å²) in [5.41, 5.74) is 1.18. The van der Waals surface area contributed by atoms with E-state index in [0.717, 1.165) is 12.8 Å². The van der Waals surface area contributed by atoms with Crippen molar-refractivity contribution in [1.82, 2.24) is 4.90 Å². The van der Waals surface area contributed by atoms with Gasteiger partial charge >= 0.3 is 0 Å². The molecule has 1 atom stereocenters. The van der Waals surface area contributed by atoms with Crippen LogP contribution in [0.1, 0.15) is 36.9 Å². The number of unbranched alkanes of at least 4 members (excludes halogenated alkanes) is 1. The zero-order valence-electron chi connectivity index (χ0n) is 16.6. The summed E-state index contributed by atoms with van der Waals surface area (Å²) in [7, 11) is 0. The molecule has 1 fully saturated rings. The Balaban J connectivity index is 1.84. The molecule has 0 aromatic heterocycles. The van der Waals surface area contributed by atoms with Gasteiger partial charge in [-0.1, -0.05) is 31.0 Å². The SMILES string of the molecule is CCCCN1C(=O)C(=O)/C(=C(\O)c2ccc(Cl)cc2)C1c1ccc2c(c1)OCCO2. The van der Waals surface area contributed by atoms with Crippen molar-refractivity contribution < 1.29 is 24.2 Å². The number of likely N-dealkylation sites (tertiary alicyclic amines) is 1. The van der Waals surface area contributed by atoms with Crippen molar-refractivity contribution in [3.63, 3.8) is 0 Å². The van der Waals surface area contributed by atoms with Crippen molar-refractivity contribution in [2.45, 2.75) is 25.8 Å². The summed E-state index contributed by atoms with van der Waals surface area (Å²) in [5.74, 6) is -0.347. The van der Waals surface area contributed by atoms with Gasteiger partial charge in [-0.3, -0.25) is 9.59 Å². The van der Waals surface area contributed by atoms with Crippen molar-refractivity contribution in [2.24, 2.45) is 0 Å². The molecule has 7 heteroatoms. The zero-order valence-corrected chi connectivity index (χ0v) is 17.3. The summed E-state index contributed by atoms with van der Waals surface area (Å²) in [4.78, 5) is 27.3. The van der Waals surface area contributed by atoms with Crippen LogP contribution < -0.4 is 9.47 Å². The number of benzene rings is 2. The Morgan fingerprint density at radius 3 is 2.50 bits per heavy atom. The normalized spacial score (nSPS) is 19.9. The molecule has 0 aliphatic carbocycles. The number of hydrogen-bond acceptors (Lipinski definition) is 5. The highest BCUT2D eigenvalue weighted by Crippen LogP contribution is 2.42. The first-order valence-corrected chi connectivity index (χ1v) is 10.3. The van der Waals surface area contributed by atoms with Gasteiger partial charge in [-0.05, 0) is 48.4 Å². The Bertz CT molecular complexity index is 1010. The van der Waals surface area contributed by atoms with E-state index in [1.165, 1.54) is 4.90 Å². The summed E-state index contributed by atoms with van der Waals surface area (Å²) >= 11 is 5.95. The Morgan fingerprint density at radius 1 is 1.10 bits per heavy atom. The van der Waals surface area contributed by atoms with Gasteiger partial charge in [0.25, 0.3) is 11.7 Å². The van der Waals surface area contributed by atoms with Crippen LogP contribution in [0.4, 0.5) is 0 Å². The number of carbonyl (C=O) groups excluding carboxylic acids is 2. The molecule has 0 spiro atoms. The van der Waals surface area contributed by atoms with Gasteiger partial charge in [0, 0.05) is 17.1 Å². The van der Waals surface area contributed by atoms with Gasteiger partial charge < -0.3 is 19.5 Å². The second-order valence-corrected chi connectivity index (χ2v) is 7.69. The minimum Gasteiger partial charge on any atom is -0.507 e. The number of amides is 1. The Kier molecular flexibility index (Phi) is 5.68. The number of Topliss-reactive ketones (excluding diaryl/α,β-unsaturated/α-hetero) is 1. The molecular weight excluding hydrogens is 406 g/mol. The number of rotatable bonds is 5. The van der Waals surface area contributed by atoms with Gasteiger partial charge in [0.15, 0.2) is 11.5 Å². The minimum atomic E-state index is -0.706. The first kappa shape index (κ1) is 20.3. The van der Waals surface area contributed by atoms with Gasteiger partial charge in [-0.25, -0.2) is 0 Å². The van der Waals surface area contributed by atoms with Crippen LogP contribution in [-0.2, 0) is 9.59 Å². The average Bonchev–Trinajstić information content (AvgIpc) is 3.02. The molecule has 1 N–H and O–H groups in total. The number of aliphatic hydroxyl groups is 1. The Hall–Kier alpha value is -2.99. The summed E-state index contributed by atoms with van der Waals surface area (Å²) in [5, 5.41) is 11.5. The van der Waals surface area contributed by atoms with Crippen LogP contribution in [-0.4, -0.2) is 41.5 Å². The largest absolute Gasteiger partial charge is 0.507 e. The number of carbonyl (C=O) groups is 2. The average molecular weight is 428 g/mol. The first-order chi connectivity index (χ1) is 14.5. The number of hydrogen-bond donors (Lipinski definition) is 1. The highest BCUT2D eigenvalue weighted by atomic mass is 35.5. The van der Waals surface area contributed by atoms with E-state index >= 15 is 0 Å². The van der Waals surface area contributed by atoms with E-state index in [1.807, 2.05) is 6.92 Å². The monoisotopic (exact) mass is 427 g/mol. The van der Waals surface area contributed by atoms with Gasteiger partial charge in [0.2, 0.25) is 0 Å². The molecule has 1 unspecified atom stereocenters. The third-order valence-electron chi connectivity index (χ3n) is 5.29. The molecule has 1 amide bonds. The van der Waals surface area contributed by atoms with E-state index < -0.39 is 17.7 Å². The molecule has 0 saturated carbocycles. The molecule has 2 aliphatic heterocycles. The number of nitrogens with zero attached hydrogens (tertiary/aromatic N) is 1. The molecule has 2 aliphatic rings. The van der Waals surface area contributed by atoms with Gasteiger partial charge in [0.05, 0.1) is 11.6 Å². The van der Waals surface area contributed by atoms with Crippen LogP contribution in [0.15, 0.2) is 48.0 Å². The van der Waals surface area contributed by atoms with Crippen LogP contribution in [0.2, 0.25) is 5.02 Å². The fourth-order valence-corrected chi connectivity index (χ4v) is 3.90. The van der Waals surface area contributed by atoms with E-state index in [-0.39, 0.29) is 11.3 Å². The molecule has 1 saturated heterocycles. The van der Waals surface area contributed by atoms with Crippen LogP contribution >= 0.6 is 11.6 Å². The van der Waals surface area contributed by atoms with Crippen molar-refractivity contribution in [3.05, 3.63) is 64.2 Å². The molecule has 30 heavy (non-hydrogen) atoms. The fourth-order valence-electron chi connectivity index (χ4n) is 3.78. The van der Waals surface area contributed by atoms with Gasteiger partial charge in [-0.2, -0.15) is 0 Å². The molecule has 2 aromatic carbocycles.